The predicted octanol–water partition coefficient (Wildman–Crippen LogP) is 7.12. The minimum atomic E-state index is -0.625. The van der Waals surface area contributed by atoms with Crippen LogP contribution in [0.1, 0.15) is 168 Å². The van der Waals surface area contributed by atoms with Crippen molar-refractivity contribution < 1.29 is 39.1 Å². The van der Waals surface area contributed by atoms with E-state index in [1.165, 1.54) is 45.4 Å². The Morgan fingerprint density at radius 1 is 0.667 bits per heavy atom. The SMILES string of the molecule is CCCCCCCCCC[C@@H](O)[C@@H]1CC[C@@H]([C@@H](O)CC[C@H](O)[C@@H]2CC[C@@H](CCCCCCC[C@@H]3CC(CC(C)=O)C(=O)O3)O2)O1. The summed E-state index contributed by atoms with van der Waals surface area (Å²) in [6.07, 6.45) is 21.5. The predicted molar refractivity (Wildman–Crippen MR) is 176 cm³/mol. The van der Waals surface area contributed by atoms with Crippen LogP contribution < -0.4 is 0 Å². The van der Waals surface area contributed by atoms with Gasteiger partial charge in [0.15, 0.2) is 0 Å². The van der Waals surface area contributed by atoms with Crippen molar-refractivity contribution in [1.82, 2.24) is 0 Å². The van der Waals surface area contributed by atoms with Crippen LogP contribution in [0.4, 0.5) is 0 Å². The van der Waals surface area contributed by atoms with Gasteiger partial charge in [0.25, 0.3) is 0 Å². The van der Waals surface area contributed by atoms with Crippen molar-refractivity contribution in [3.63, 3.8) is 0 Å². The van der Waals surface area contributed by atoms with E-state index in [4.69, 9.17) is 14.2 Å². The maximum Gasteiger partial charge on any atom is 0.309 e. The number of hydrogen-bond donors (Lipinski definition) is 3. The molecule has 3 saturated heterocycles. The van der Waals surface area contributed by atoms with Gasteiger partial charge in [-0.05, 0) is 77.6 Å². The van der Waals surface area contributed by atoms with Crippen LogP contribution in [0.25, 0.3) is 0 Å². The highest BCUT2D eigenvalue weighted by Gasteiger charge is 2.36. The molecule has 8 nitrogen and oxygen atoms in total. The fourth-order valence-electron chi connectivity index (χ4n) is 7.56. The first-order valence-electron chi connectivity index (χ1n) is 18.8. The standard InChI is InChI=1S/C37H66O8/c1-3-4-5-6-7-8-12-15-18-31(39)35-23-24-36(45-35)33(41)21-20-32(40)34-22-19-29(43-34)16-13-10-9-11-14-17-30-26-28(25-27(2)38)37(42)44-30/h28-36,39-41H,3-26H2,1-2H3/t28?,29-,30-,31-,32+,33+,34+,35+,36+/m1/s1. The first-order chi connectivity index (χ1) is 21.8. The molecule has 3 heterocycles. The van der Waals surface area contributed by atoms with E-state index in [1.54, 1.807) is 0 Å². The van der Waals surface area contributed by atoms with Crippen LogP contribution in [0.5, 0.6) is 0 Å². The lowest BCUT2D eigenvalue weighted by molar-refractivity contribution is -0.145. The zero-order chi connectivity index (χ0) is 32.4. The molecule has 45 heavy (non-hydrogen) atoms. The molecule has 0 spiro atoms. The average Bonchev–Trinajstić information content (AvgIpc) is 3.77. The number of ketones is 1. The fourth-order valence-corrected chi connectivity index (χ4v) is 7.56. The lowest BCUT2D eigenvalue weighted by Gasteiger charge is -2.24. The van der Waals surface area contributed by atoms with Crippen LogP contribution in [0.3, 0.4) is 0 Å². The highest BCUT2D eigenvalue weighted by molar-refractivity contribution is 5.83. The van der Waals surface area contributed by atoms with Crippen LogP contribution >= 0.6 is 0 Å². The summed E-state index contributed by atoms with van der Waals surface area (Å²) in [4.78, 5) is 23.2. The summed E-state index contributed by atoms with van der Waals surface area (Å²) in [5, 5.41) is 32.1. The molecule has 262 valence electrons. The number of hydrogen-bond acceptors (Lipinski definition) is 8. The van der Waals surface area contributed by atoms with Crippen LogP contribution in [-0.2, 0) is 23.8 Å². The summed E-state index contributed by atoms with van der Waals surface area (Å²) in [6, 6.07) is 0. The molecular formula is C37H66O8. The quantitative estimate of drug-likeness (QED) is 0.0714. The zero-order valence-corrected chi connectivity index (χ0v) is 28.5. The Balaban J connectivity index is 1.16. The van der Waals surface area contributed by atoms with Crippen molar-refractivity contribution in [2.45, 2.75) is 217 Å². The summed E-state index contributed by atoms with van der Waals surface area (Å²) in [5.41, 5.74) is 0. The van der Waals surface area contributed by atoms with Crippen LogP contribution in [0.15, 0.2) is 0 Å². The fraction of sp³-hybridized carbons (Fsp3) is 0.946. The van der Waals surface area contributed by atoms with Crippen molar-refractivity contribution >= 4 is 11.8 Å². The van der Waals surface area contributed by atoms with Crippen LogP contribution in [0, 0.1) is 5.92 Å². The van der Waals surface area contributed by atoms with Gasteiger partial charge in [0, 0.05) is 6.42 Å². The molecule has 8 heteroatoms. The van der Waals surface area contributed by atoms with E-state index in [1.807, 2.05) is 0 Å². The van der Waals surface area contributed by atoms with E-state index in [9.17, 15) is 24.9 Å². The Labute approximate surface area is 273 Å². The van der Waals surface area contributed by atoms with Gasteiger partial charge < -0.3 is 34.3 Å². The van der Waals surface area contributed by atoms with E-state index >= 15 is 0 Å². The topological polar surface area (TPSA) is 123 Å². The van der Waals surface area contributed by atoms with Gasteiger partial charge >= 0.3 is 5.97 Å². The monoisotopic (exact) mass is 638 g/mol. The largest absolute Gasteiger partial charge is 0.462 e. The summed E-state index contributed by atoms with van der Waals surface area (Å²) >= 11 is 0. The van der Waals surface area contributed by atoms with Gasteiger partial charge in [0.1, 0.15) is 11.9 Å². The molecule has 0 aromatic rings. The average molecular weight is 639 g/mol. The molecule has 3 N–H and O–H groups in total. The number of aliphatic hydroxyl groups is 3. The van der Waals surface area contributed by atoms with Gasteiger partial charge in [0.05, 0.1) is 48.6 Å². The third-order valence-electron chi connectivity index (χ3n) is 10.4. The van der Waals surface area contributed by atoms with Gasteiger partial charge in [-0.2, -0.15) is 0 Å². The first kappa shape index (κ1) is 38.4. The van der Waals surface area contributed by atoms with Crippen molar-refractivity contribution in [3.05, 3.63) is 0 Å². The number of ether oxygens (including phenoxy) is 3. The van der Waals surface area contributed by atoms with Gasteiger partial charge in [-0.25, -0.2) is 0 Å². The molecule has 0 aromatic heterocycles. The normalized spacial score (nSPS) is 28.8. The number of Topliss-reactive ketones (excluding diaryl/α,β-unsaturated/α-hetero) is 1. The Hall–Kier alpha value is -1.06. The Morgan fingerprint density at radius 2 is 1.16 bits per heavy atom. The lowest BCUT2D eigenvalue weighted by atomic mass is 9.96. The molecule has 0 aromatic carbocycles. The second-order valence-corrected chi connectivity index (χ2v) is 14.4. The second-order valence-electron chi connectivity index (χ2n) is 14.4. The number of aliphatic hydroxyl groups excluding tert-OH is 3. The van der Waals surface area contributed by atoms with Gasteiger partial charge in [0.2, 0.25) is 0 Å². The molecule has 0 saturated carbocycles. The Morgan fingerprint density at radius 3 is 1.76 bits per heavy atom. The van der Waals surface area contributed by atoms with Gasteiger partial charge in [-0.15, -0.1) is 0 Å². The van der Waals surface area contributed by atoms with Crippen LogP contribution in [-0.4, -0.2) is 75.9 Å². The molecule has 0 aliphatic carbocycles. The number of esters is 1. The van der Waals surface area contributed by atoms with Crippen molar-refractivity contribution in [1.29, 1.82) is 0 Å². The van der Waals surface area contributed by atoms with E-state index in [0.717, 1.165) is 89.9 Å². The number of cyclic esters (lactones) is 1. The molecule has 0 bridgehead atoms. The van der Waals surface area contributed by atoms with E-state index < -0.39 is 18.3 Å². The molecule has 0 radical (unpaired) electrons. The van der Waals surface area contributed by atoms with E-state index in [2.05, 4.69) is 6.92 Å². The molecule has 9 atom stereocenters. The third kappa shape index (κ3) is 14.7. The minimum absolute atomic E-state index is 0.0249. The molecule has 1 unspecified atom stereocenters. The molecule has 0 amide bonds. The van der Waals surface area contributed by atoms with Crippen molar-refractivity contribution in [3.8, 4) is 0 Å². The summed E-state index contributed by atoms with van der Waals surface area (Å²) in [6.45, 7) is 3.77. The van der Waals surface area contributed by atoms with Crippen molar-refractivity contribution in [2.24, 2.45) is 5.92 Å². The second kappa shape index (κ2) is 21.7. The Kier molecular flexibility index (Phi) is 18.5. The third-order valence-corrected chi connectivity index (χ3v) is 10.4. The maximum atomic E-state index is 11.9. The molecule has 3 rings (SSSR count). The van der Waals surface area contributed by atoms with E-state index in [-0.39, 0.29) is 48.2 Å². The van der Waals surface area contributed by atoms with Crippen LogP contribution in [0.2, 0.25) is 0 Å². The maximum absolute atomic E-state index is 11.9. The number of rotatable bonds is 25. The molecule has 3 aliphatic heterocycles. The summed E-state index contributed by atoms with van der Waals surface area (Å²) in [7, 11) is 0. The number of unbranched alkanes of at least 4 members (excludes halogenated alkanes) is 11. The number of carbonyl (C=O) groups is 2. The Bertz CT molecular complexity index is 820. The number of carbonyl (C=O) groups excluding carboxylic acids is 2. The highest BCUT2D eigenvalue weighted by atomic mass is 16.6. The summed E-state index contributed by atoms with van der Waals surface area (Å²) < 4.78 is 17.7. The summed E-state index contributed by atoms with van der Waals surface area (Å²) in [5.74, 6) is -0.398. The van der Waals surface area contributed by atoms with E-state index in [0.29, 0.717) is 25.7 Å². The molecular weight excluding hydrogens is 572 g/mol. The van der Waals surface area contributed by atoms with Gasteiger partial charge in [-0.1, -0.05) is 84.0 Å². The molecule has 3 fully saturated rings. The minimum Gasteiger partial charge on any atom is -0.462 e. The van der Waals surface area contributed by atoms with Crippen molar-refractivity contribution in [2.75, 3.05) is 0 Å². The zero-order valence-electron chi connectivity index (χ0n) is 28.5. The molecule has 3 aliphatic rings. The van der Waals surface area contributed by atoms with Gasteiger partial charge in [-0.3, -0.25) is 4.79 Å². The smallest absolute Gasteiger partial charge is 0.309 e. The highest BCUT2D eigenvalue weighted by Crippen LogP contribution is 2.31. The lowest BCUT2D eigenvalue weighted by Crippen LogP contribution is -2.33. The first-order valence-corrected chi connectivity index (χ1v) is 18.8.